The lowest BCUT2D eigenvalue weighted by molar-refractivity contribution is 0.0676. The van der Waals surface area contributed by atoms with Gasteiger partial charge in [0.25, 0.3) is 5.91 Å². The number of hydrogen-bond acceptors (Lipinski definition) is 5. The van der Waals surface area contributed by atoms with Gasteiger partial charge in [-0.25, -0.2) is 4.79 Å². The van der Waals surface area contributed by atoms with E-state index in [1.54, 1.807) is 50.0 Å². The van der Waals surface area contributed by atoms with Gasteiger partial charge in [0.1, 0.15) is 11.1 Å². The third-order valence-electron chi connectivity index (χ3n) is 3.68. The van der Waals surface area contributed by atoms with Gasteiger partial charge in [0.05, 0.1) is 19.1 Å². The summed E-state index contributed by atoms with van der Waals surface area (Å²) in [5, 5.41) is 0.704. The van der Waals surface area contributed by atoms with Gasteiger partial charge in [-0.1, -0.05) is 18.2 Å². The van der Waals surface area contributed by atoms with Crippen molar-refractivity contribution in [3.8, 4) is 0 Å². The Morgan fingerprint density at radius 2 is 2.08 bits per heavy atom. The summed E-state index contributed by atoms with van der Waals surface area (Å²) in [5.74, 6) is -0.396. The van der Waals surface area contributed by atoms with Crippen LogP contribution in [0.5, 0.6) is 0 Å². The first-order valence-electron chi connectivity index (χ1n) is 7.51. The zero-order valence-electron chi connectivity index (χ0n) is 13.2. The van der Waals surface area contributed by atoms with Crippen LogP contribution in [0.3, 0.4) is 0 Å². The minimum atomic E-state index is -0.645. The van der Waals surface area contributed by atoms with E-state index in [-0.39, 0.29) is 5.56 Å². The minimum Gasteiger partial charge on any atom is -0.472 e. The number of para-hydroxylation sites is 1. The Kier molecular flexibility index (Phi) is 4.77. The Labute approximate surface area is 138 Å². The van der Waals surface area contributed by atoms with Gasteiger partial charge in [-0.2, -0.15) is 0 Å². The van der Waals surface area contributed by atoms with Crippen LogP contribution in [0.25, 0.3) is 11.0 Å². The zero-order chi connectivity index (χ0) is 16.9. The van der Waals surface area contributed by atoms with Crippen molar-refractivity contribution in [3.63, 3.8) is 0 Å². The molecule has 0 bridgehead atoms. The minimum absolute atomic E-state index is 0.00768. The van der Waals surface area contributed by atoms with Crippen LogP contribution >= 0.6 is 0 Å². The number of fused-ring (bicyclic) bond motifs is 1. The van der Waals surface area contributed by atoms with Crippen molar-refractivity contribution >= 4 is 16.9 Å². The Bertz CT molecular complexity index is 882. The van der Waals surface area contributed by atoms with E-state index in [1.165, 1.54) is 4.90 Å². The molecule has 24 heavy (non-hydrogen) atoms. The van der Waals surface area contributed by atoms with Crippen molar-refractivity contribution in [3.05, 3.63) is 70.5 Å². The Balaban J connectivity index is 1.93. The second-order valence-corrected chi connectivity index (χ2v) is 5.34. The van der Waals surface area contributed by atoms with Crippen molar-refractivity contribution in [1.82, 2.24) is 4.90 Å². The highest BCUT2D eigenvalue weighted by molar-refractivity contribution is 5.96. The van der Waals surface area contributed by atoms with Gasteiger partial charge in [-0.15, -0.1) is 0 Å². The van der Waals surface area contributed by atoms with E-state index in [0.717, 1.165) is 5.56 Å². The molecule has 0 aliphatic rings. The summed E-state index contributed by atoms with van der Waals surface area (Å²) in [6.45, 7) is 1.04. The van der Waals surface area contributed by atoms with Gasteiger partial charge >= 0.3 is 5.63 Å². The number of ether oxygens (including phenoxy) is 1. The second kappa shape index (κ2) is 7.14. The third kappa shape index (κ3) is 3.38. The first-order valence-corrected chi connectivity index (χ1v) is 7.51. The van der Waals surface area contributed by atoms with Crippen LogP contribution in [0.1, 0.15) is 15.9 Å². The maximum absolute atomic E-state index is 12.8. The number of methoxy groups -OCH3 is 1. The van der Waals surface area contributed by atoms with Gasteiger partial charge in [0, 0.05) is 31.1 Å². The summed E-state index contributed by atoms with van der Waals surface area (Å²) in [6, 6.07) is 10.4. The molecule has 0 unspecified atom stereocenters. The standard InChI is InChI=1S/C18H17NO5/c1-22-9-7-19(11-13-6-8-23-12-13)17(20)15-10-14-4-2-3-5-16(14)24-18(15)21/h2-6,8,10,12H,7,9,11H2,1H3. The predicted molar refractivity (Wildman–Crippen MR) is 87.8 cm³/mol. The zero-order valence-corrected chi connectivity index (χ0v) is 13.2. The number of benzene rings is 1. The van der Waals surface area contributed by atoms with Crippen molar-refractivity contribution < 1.29 is 18.4 Å². The van der Waals surface area contributed by atoms with E-state index < -0.39 is 11.5 Å². The highest BCUT2D eigenvalue weighted by Gasteiger charge is 2.21. The molecule has 0 spiro atoms. The van der Waals surface area contributed by atoms with E-state index in [1.807, 2.05) is 6.07 Å². The van der Waals surface area contributed by atoms with Crippen molar-refractivity contribution in [2.24, 2.45) is 0 Å². The summed E-state index contributed by atoms with van der Waals surface area (Å²) in [6.07, 6.45) is 3.11. The largest absolute Gasteiger partial charge is 0.472 e. The average molecular weight is 327 g/mol. The van der Waals surface area contributed by atoms with Gasteiger partial charge in [-0.05, 0) is 18.2 Å². The molecule has 2 aromatic heterocycles. The Hall–Kier alpha value is -2.86. The number of amides is 1. The number of nitrogens with zero attached hydrogens (tertiary/aromatic N) is 1. The highest BCUT2D eigenvalue weighted by atomic mass is 16.5. The van der Waals surface area contributed by atoms with E-state index in [0.29, 0.717) is 30.7 Å². The van der Waals surface area contributed by atoms with Crippen LogP contribution < -0.4 is 5.63 Å². The monoisotopic (exact) mass is 327 g/mol. The average Bonchev–Trinajstić information content (AvgIpc) is 3.10. The van der Waals surface area contributed by atoms with Crippen LogP contribution in [0.2, 0.25) is 0 Å². The molecule has 1 amide bonds. The van der Waals surface area contributed by atoms with E-state index in [2.05, 4.69) is 0 Å². The molecule has 124 valence electrons. The van der Waals surface area contributed by atoms with Crippen molar-refractivity contribution in [2.45, 2.75) is 6.54 Å². The van der Waals surface area contributed by atoms with E-state index in [4.69, 9.17) is 13.6 Å². The fourth-order valence-corrected chi connectivity index (χ4v) is 2.44. The highest BCUT2D eigenvalue weighted by Crippen LogP contribution is 2.15. The summed E-state index contributed by atoms with van der Waals surface area (Å²) in [5.41, 5.74) is 0.656. The molecule has 0 aliphatic heterocycles. The molecular weight excluding hydrogens is 310 g/mol. The quantitative estimate of drug-likeness (QED) is 0.651. The molecule has 0 saturated heterocycles. The lowest BCUT2D eigenvalue weighted by Crippen LogP contribution is -2.35. The molecule has 2 heterocycles. The van der Waals surface area contributed by atoms with E-state index in [9.17, 15) is 9.59 Å². The molecular formula is C18H17NO5. The lowest BCUT2D eigenvalue weighted by atomic mass is 10.1. The Morgan fingerprint density at radius 1 is 1.25 bits per heavy atom. The van der Waals surface area contributed by atoms with Crippen LogP contribution in [0, 0.1) is 0 Å². The summed E-state index contributed by atoms with van der Waals surface area (Å²) in [7, 11) is 1.56. The van der Waals surface area contributed by atoms with Gasteiger partial charge < -0.3 is 18.5 Å². The van der Waals surface area contributed by atoms with Gasteiger partial charge in [-0.3, -0.25) is 4.79 Å². The molecule has 6 heteroatoms. The topological polar surface area (TPSA) is 72.9 Å². The molecule has 0 aliphatic carbocycles. The molecule has 0 N–H and O–H groups in total. The molecule has 3 aromatic rings. The lowest BCUT2D eigenvalue weighted by Gasteiger charge is -2.21. The van der Waals surface area contributed by atoms with E-state index >= 15 is 0 Å². The second-order valence-electron chi connectivity index (χ2n) is 5.34. The number of carbonyl (C=O) groups excluding carboxylic acids is 1. The molecule has 0 fully saturated rings. The van der Waals surface area contributed by atoms with Crippen LogP contribution in [0.15, 0.2) is 62.6 Å². The summed E-state index contributed by atoms with van der Waals surface area (Å²) >= 11 is 0. The summed E-state index contributed by atoms with van der Waals surface area (Å²) in [4.78, 5) is 26.5. The number of hydrogen-bond donors (Lipinski definition) is 0. The fraction of sp³-hybridized carbons (Fsp3) is 0.222. The smallest absolute Gasteiger partial charge is 0.349 e. The van der Waals surface area contributed by atoms with Crippen LogP contribution in [-0.4, -0.2) is 31.1 Å². The number of rotatable bonds is 6. The van der Waals surface area contributed by atoms with Crippen molar-refractivity contribution in [2.75, 3.05) is 20.3 Å². The molecule has 0 atom stereocenters. The van der Waals surface area contributed by atoms with Gasteiger partial charge in [0.15, 0.2) is 0 Å². The first-order chi connectivity index (χ1) is 11.7. The fourth-order valence-electron chi connectivity index (χ4n) is 2.44. The third-order valence-corrected chi connectivity index (χ3v) is 3.68. The molecule has 0 saturated carbocycles. The van der Waals surface area contributed by atoms with Crippen LogP contribution in [-0.2, 0) is 11.3 Å². The molecule has 3 rings (SSSR count). The molecule has 1 aromatic carbocycles. The van der Waals surface area contributed by atoms with Gasteiger partial charge in [0.2, 0.25) is 0 Å². The Morgan fingerprint density at radius 3 is 2.83 bits per heavy atom. The maximum atomic E-state index is 12.8. The summed E-state index contributed by atoms with van der Waals surface area (Å²) < 4.78 is 15.3. The molecule has 0 radical (unpaired) electrons. The maximum Gasteiger partial charge on any atom is 0.349 e. The number of carbonyl (C=O) groups is 1. The molecule has 6 nitrogen and oxygen atoms in total. The van der Waals surface area contributed by atoms with Crippen LogP contribution in [0.4, 0.5) is 0 Å². The number of furan rings is 1. The first kappa shape index (κ1) is 16.0. The normalized spacial score (nSPS) is 10.9. The SMILES string of the molecule is COCCN(Cc1ccoc1)C(=O)c1cc2ccccc2oc1=O. The van der Waals surface area contributed by atoms with Crippen molar-refractivity contribution in [1.29, 1.82) is 0 Å². The predicted octanol–water partition coefficient (Wildman–Crippen LogP) is 2.67.